The Balaban J connectivity index is 2.07. The van der Waals surface area contributed by atoms with Crippen molar-refractivity contribution in [1.29, 1.82) is 0 Å². The van der Waals surface area contributed by atoms with Gasteiger partial charge in [0.1, 0.15) is 0 Å². The summed E-state index contributed by atoms with van der Waals surface area (Å²) in [4.78, 5) is 0. The van der Waals surface area contributed by atoms with Gasteiger partial charge in [-0.25, -0.2) is 0 Å². The Bertz CT molecular complexity index is 185. The van der Waals surface area contributed by atoms with E-state index in [1.165, 1.54) is 32.1 Å². The molecule has 0 aromatic carbocycles. The van der Waals surface area contributed by atoms with Crippen LogP contribution in [-0.2, 0) is 0 Å². The summed E-state index contributed by atoms with van der Waals surface area (Å²) in [7, 11) is 0. The molecule has 1 fully saturated rings. The van der Waals surface area contributed by atoms with Crippen LogP contribution >= 0.6 is 0 Å². The second-order valence-corrected chi connectivity index (χ2v) is 4.41. The van der Waals surface area contributed by atoms with Crippen LogP contribution in [0.5, 0.6) is 0 Å². The third-order valence-electron chi connectivity index (χ3n) is 3.37. The molecule has 68 valence electrons. The second kappa shape index (κ2) is 3.21. The summed E-state index contributed by atoms with van der Waals surface area (Å²) in [5.74, 6) is 0. The molecule has 0 saturated heterocycles. The van der Waals surface area contributed by atoms with Crippen molar-refractivity contribution >= 4 is 0 Å². The molecule has 0 amide bonds. The van der Waals surface area contributed by atoms with Crippen LogP contribution in [0.25, 0.3) is 0 Å². The topological polar surface area (TPSA) is 20.2 Å². The second-order valence-electron chi connectivity index (χ2n) is 4.41. The molecule has 1 nitrogen and oxygen atoms in total. The molecule has 0 aliphatic heterocycles. The summed E-state index contributed by atoms with van der Waals surface area (Å²) in [5, 5.41) is 9.59. The predicted octanol–water partition coefficient (Wildman–Crippen LogP) is 2.65. The zero-order valence-corrected chi connectivity index (χ0v) is 7.63. The fourth-order valence-corrected chi connectivity index (χ4v) is 2.73. The van der Waals surface area contributed by atoms with E-state index in [0.717, 1.165) is 12.8 Å². The minimum Gasteiger partial charge on any atom is -0.393 e. The fourth-order valence-electron chi connectivity index (χ4n) is 2.73. The summed E-state index contributed by atoms with van der Waals surface area (Å²) < 4.78 is 0. The Morgan fingerprint density at radius 1 is 1.25 bits per heavy atom. The highest BCUT2D eigenvalue weighted by Crippen LogP contribution is 2.43. The molecule has 2 atom stereocenters. The molecule has 2 aliphatic rings. The number of allylic oxidation sites excluding steroid dienone is 2. The third kappa shape index (κ3) is 1.56. The Morgan fingerprint density at radius 3 is 2.75 bits per heavy atom. The highest BCUT2D eigenvalue weighted by Gasteiger charge is 2.33. The van der Waals surface area contributed by atoms with Gasteiger partial charge >= 0.3 is 0 Å². The zero-order valence-electron chi connectivity index (χ0n) is 7.63. The maximum Gasteiger partial charge on any atom is 0.0548 e. The van der Waals surface area contributed by atoms with Crippen LogP contribution in [0.4, 0.5) is 0 Å². The van der Waals surface area contributed by atoms with Crippen molar-refractivity contribution in [2.75, 3.05) is 0 Å². The van der Waals surface area contributed by atoms with Gasteiger partial charge in [-0.15, -0.1) is 0 Å². The van der Waals surface area contributed by atoms with E-state index in [2.05, 4.69) is 12.2 Å². The molecule has 2 rings (SSSR count). The minimum absolute atomic E-state index is 0.0264. The fraction of sp³-hybridized carbons (Fsp3) is 0.818. The third-order valence-corrected chi connectivity index (χ3v) is 3.37. The van der Waals surface area contributed by atoms with E-state index in [1.54, 1.807) is 0 Å². The van der Waals surface area contributed by atoms with E-state index < -0.39 is 0 Å². The molecular formula is C11H18O. The summed E-state index contributed by atoms with van der Waals surface area (Å²) in [6, 6.07) is 0. The molecule has 0 aromatic rings. The standard InChI is InChI=1S/C11H18O/c12-10-5-4-8-11(9-10)6-2-1-3-7-11/h2,6,10,12H,1,3-5,7-9H2/t10-,11-/m0/s1. The molecular weight excluding hydrogens is 148 g/mol. The van der Waals surface area contributed by atoms with E-state index in [4.69, 9.17) is 0 Å². The number of hydrogen-bond acceptors (Lipinski definition) is 1. The Labute approximate surface area is 74.5 Å². The molecule has 0 unspecified atom stereocenters. The molecule has 2 aliphatic carbocycles. The average Bonchev–Trinajstić information content (AvgIpc) is 2.05. The predicted molar refractivity (Wildman–Crippen MR) is 49.9 cm³/mol. The molecule has 1 spiro atoms. The molecule has 12 heavy (non-hydrogen) atoms. The Kier molecular flexibility index (Phi) is 2.22. The lowest BCUT2D eigenvalue weighted by atomic mass is 9.68. The summed E-state index contributed by atoms with van der Waals surface area (Å²) in [6.45, 7) is 0. The zero-order chi connectivity index (χ0) is 8.44. The molecule has 1 heteroatoms. The van der Waals surface area contributed by atoms with Crippen molar-refractivity contribution in [2.45, 2.75) is 51.0 Å². The van der Waals surface area contributed by atoms with Gasteiger partial charge in [0.05, 0.1) is 6.10 Å². The summed E-state index contributed by atoms with van der Waals surface area (Å²) in [6.07, 6.45) is 13.1. The quantitative estimate of drug-likeness (QED) is 0.548. The van der Waals surface area contributed by atoms with Gasteiger partial charge in [0.25, 0.3) is 0 Å². The average molecular weight is 166 g/mol. The van der Waals surface area contributed by atoms with Gasteiger partial charge in [-0.1, -0.05) is 18.6 Å². The SMILES string of the molecule is O[C@H]1CCC[C@@]2(C=CCCC2)C1. The highest BCUT2D eigenvalue weighted by molar-refractivity contribution is 5.05. The summed E-state index contributed by atoms with van der Waals surface area (Å²) >= 11 is 0. The Hall–Kier alpha value is -0.300. The maximum atomic E-state index is 9.59. The molecule has 0 bridgehead atoms. The lowest BCUT2D eigenvalue weighted by molar-refractivity contribution is 0.0638. The van der Waals surface area contributed by atoms with E-state index in [1.807, 2.05) is 0 Å². The first-order valence-electron chi connectivity index (χ1n) is 5.17. The minimum atomic E-state index is -0.0264. The van der Waals surface area contributed by atoms with Gasteiger partial charge in [-0.2, -0.15) is 0 Å². The van der Waals surface area contributed by atoms with Gasteiger partial charge in [0.15, 0.2) is 0 Å². The van der Waals surface area contributed by atoms with Crippen molar-refractivity contribution in [3.63, 3.8) is 0 Å². The Morgan fingerprint density at radius 2 is 2.08 bits per heavy atom. The highest BCUT2D eigenvalue weighted by atomic mass is 16.3. The molecule has 0 radical (unpaired) electrons. The van der Waals surface area contributed by atoms with E-state index in [-0.39, 0.29) is 6.10 Å². The largest absolute Gasteiger partial charge is 0.393 e. The van der Waals surface area contributed by atoms with Gasteiger partial charge in [-0.3, -0.25) is 0 Å². The first-order valence-corrected chi connectivity index (χ1v) is 5.17. The number of hydrogen-bond donors (Lipinski definition) is 1. The van der Waals surface area contributed by atoms with Gasteiger partial charge in [0.2, 0.25) is 0 Å². The number of aliphatic hydroxyl groups is 1. The smallest absolute Gasteiger partial charge is 0.0548 e. The lowest BCUT2D eigenvalue weighted by Crippen LogP contribution is -2.30. The van der Waals surface area contributed by atoms with Crippen LogP contribution in [0.15, 0.2) is 12.2 Å². The van der Waals surface area contributed by atoms with Crippen molar-refractivity contribution in [1.82, 2.24) is 0 Å². The van der Waals surface area contributed by atoms with Crippen LogP contribution in [0, 0.1) is 5.41 Å². The first-order chi connectivity index (χ1) is 5.81. The van der Waals surface area contributed by atoms with Crippen LogP contribution in [0.3, 0.4) is 0 Å². The summed E-state index contributed by atoms with van der Waals surface area (Å²) in [5.41, 5.74) is 0.399. The number of rotatable bonds is 0. The molecule has 0 aromatic heterocycles. The monoisotopic (exact) mass is 166 g/mol. The van der Waals surface area contributed by atoms with Gasteiger partial charge < -0.3 is 5.11 Å². The van der Waals surface area contributed by atoms with Crippen LogP contribution in [0.2, 0.25) is 0 Å². The van der Waals surface area contributed by atoms with E-state index in [9.17, 15) is 5.11 Å². The van der Waals surface area contributed by atoms with E-state index >= 15 is 0 Å². The van der Waals surface area contributed by atoms with Crippen molar-refractivity contribution in [3.8, 4) is 0 Å². The van der Waals surface area contributed by atoms with Crippen molar-refractivity contribution in [2.24, 2.45) is 5.41 Å². The normalized spacial score (nSPS) is 41.9. The van der Waals surface area contributed by atoms with Crippen molar-refractivity contribution < 1.29 is 5.11 Å². The molecule has 1 saturated carbocycles. The van der Waals surface area contributed by atoms with E-state index in [0.29, 0.717) is 5.41 Å². The maximum absolute atomic E-state index is 9.59. The number of aliphatic hydroxyl groups excluding tert-OH is 1. The first kappa shape index (κ1) is 8.31. The van der Waals surface area contributed by atoms with Crippen molar-refractivity contribution in [3.05, 3.63) is 12.2 Å². The molecule has 1 N–H and O–H groups in total. The van der Waals surface area contributed by atoms with Gasteiger partial charge in [-0.05, 0) is 43.9 Å². The van der Waals surface area contributed by atoms with Crippen LogP contribution in [0.1, 0.15) is 44.9 Å². The molecule has 0 heterocycles. The van der Waals surface area contributed by atoms with Gasteiger partial charge in [0, 0.05) is 0 Å². The lowest BCUT2D eigenvalue weighted by Gasteiger charge is -2.39. The van der Waals surface area contributed by atoms with Crippen LogP contribution in [-0.4, -0.2) is 11.2 Å². The van der Waals surface area contributed by atoms with Crippen LogP contribution < -0.4 is 0 Å².